The van der Waals surface area contributed by atoms with Crippen molar-refractivity contribution < 1.29 is 9.90 Å². The van der Waals surface area contributed by atoms with Crippen molar-refractivity contribution in [1.82, 2.24) is 0 Å². The maximum Gasteiger partial charge on any atom is 0.159 e. The Morgan fingerprint density at radius 2 is 2.23 bits per heavy atom. The molecule has 1 unspecified atom stereocenters. The van der Waals surface area contributed by atoms with Gasteiger partial charge in [0.25, 0.3) is 0 Å². The van der Waals surface area contributed by atoms with Crippen molar-refractivity contribution in [3.8, 4) is 0 Å². The van der Waals surface area contributed by atoms with Gasteiger partial charge in [0.15, 0.2) is 5.78 Å². The molecule has 72 valence electrons. The molecule has 1 aliphatic rings. The normalized spacial score (nSPS) is 20.4. The summed E-state index contributed by atoms with van der Waals surface area (Å²) >= 11 is 0. The second-order valence-corrected chi connectivity index (χ2v) is 3.48. The van der Waals surface area contributed by atoms with Crippen LogP contribution in [0.3, 0.4) is 0 Å². The van der Waals surface area contributed by atoms with Gasteiger partial charge in [-0.05, 0) is 25.8 Å². The second-order valence-electron chi connectivity index (χ2n) is 3.48. The highest BCUT2D eigenvalue weighted by molar-refractivity contribution is 5.98. The number of ketones is 1. The van der Waals surface area contributed by atoms with Gasteiger partial charge in [0.1, 0.15) is 0 Å². The fourth-order valence-electron chi connectivity index (χ4n) is 1.63. The van der Waals surface area contributed by atoms with E-state index in [1.54, 1.807) is 12.2 Å². The number of carbonyl (C=O) groups is 1. The molecular weight excluding hydrogens is 164 g/mol. The Morgan fingerprint density at radius 1 is 1.54 bits per heavy atom. The first-order valence-corrected chi connectivity index (χ1v) is 4.68. The highest BCUT2D eigenvalue weighted by Crippen LogP contribution is 2.25. The van der Waals surface area contributed by atoms with Crippen LogP contribution < -0.4 is 0 Å². The number of carbonyl (C=O) groups excluding carboxylic acids is 1. The number of Topliss-reactive ketones (excluding diaryl/α,β-unsaturated/α-hetero) is 1. The van der Waals surface area contributed by atoms with Gasteiger partial charge in [0.2, 0.25) is 0 Å². The minimum Gasteiger partial charge on any atom is -0.389 e. The van der Waals surface area contributed by atoms with Crippen LogP contribution in [0.5, 0.6) is 0 Å². The van der Waals surface area contributed by atoms with E-state index in [9.17, 15) is 9.90 Å². The zero-order valence-electron chi connectivity index (χ0n) is 8.21. The monoisotopic (exact) mass is 180 g/mol. The lowest BCUT2D eigenvalue weighted by molar-refractivity contribution is -0.115. The fourth-order valence-corrected chi connectivity index (χ4v) is 1.63. The number of allylic oxidation sites excluding steroid dienone is 2. The van der Waals surface area contributed by atoms with Crippen molar-refractivity contribution >= 4 is 5.78 Å². The molecule has 2 nitrogen and oxygen atoms in total. The van der Waals surface area contributed by atoms with E-state index in [1.807, 2.05) is 13.8 Å². The fraction of sp³-hybridized carbons (Fsp3) is 0.545. The molecule has 0 aromatic rings. The second kappa shape index (κ2) is 4.38. The molecule has 0 fully saturated rings. The number of hydrogen-bond acceptors (Lipinski definition) is 2. The van der Waals surface area contributed by atoms with Gasteiger partial charge in [-0.2, -0.15) is 0 Å². The van der Waals surface area contributed by atoms with E-state index >= 15 is 0 Å². The molecule has 13 heavy (non-hydrogen) atoms. The molecule has 1 rings (SSSR count). The highest BCUT2D eigenvalue weighted by atomic mass is 16.3. The molecular formula is C11H16O2. The first kappa shape index (κ1) is 10.2. The van der Waals surface area contributed by atoms with Crippen molar-refractivity contribution in [3.05, 3.63) is 23.3 Å². The van der Waals surface area contributed by atoms with E-state index < -0.39 is 6.10 Å². The summed E-state index contributed by atoms with van der Waals surface area (Å²) in [7, 11) is 0. The van der Waals surface area contributed by atoms with Crippen LogP contribution in [-0.2, 0) is 4.79 Å². The number of aliphatic hydroxyl groups excluding tert-OH is 1. The minimum atomic E-state index is -0.503. The molecule has 0 aromatic heterocycles. The molecule has 2 heteroatoms. The van der Waals surface area contributed by atoms with Crippen LogP contribution >= 0.6 is 0 Å². The molecule has 0 spiro atoms. The van der Waals surface area contributed by atoms with E-state index in [-0.39, 0.29) is 5.78 Å². The first-order chi connectivity index (χ1) is 6.15. The van der Waals surface area contributed by atoms with Gasteiger partial charge in [-0.1, -0.05) is 17.7 Å². The lowest BCUT2D eigenvalue weighted by Crippen LogP contribution is -2.08. The quantitative estimate of drug-likeness (QED) is 0.674. The molecule has 0 amide bonds. The van der Waals surface area contributed by atoms with Gasteiger partial charge < -0.3 is 5.11 Å². The van der Waals surface area contributed by atoms with E-state index in [1.165, 1.54) is 0 Å². The van der Waals surface area contributed by atoms with Crippen molar-refractivity contribution in [3.63, 3.8) is 0 Å². The summed E-state index contributed by atoms with van der Waals surface area (Å²) in [4.78, 5) is 11.3. The Kier molecular flexibility index (Phi) is 3.43. The average Bonchev–Trinajstić information content (AvgIpc) is 2.36. The van der Waals surface area contributed by atoms with Crippen LogP contribution in [0.1, 0.15) is 33.1 Å². The lowest BCUT2D eigenvalue weighted by Gasteiger charge is -2.06. The van der Waals surface area contributed by atoms with E-state index in [0.29, 0.717) is 12.8 Å². The van der Waals surface area contributed by atoms with Gasteiger partial charge in [-0.15, -0.1) is 0 Å². The van der Waals surface area contributed by atoms with Crippen molar-refractivity contribution in [2.24, 2.45) is 0 Å². The summed E-state index contributed by atoms with van der Waals surface area (Å²) in [6.07, 6.45) is 5.00. The third-order valence-electron chi connectivity index (χ3n) is 2.41. The van der Waals surface area contributed by atoms with Crippen molar-refractivity contribution in [2.45, 2.75) is 39.2 Å². The van der Waals surface area contributed by atoms with Crippen LogP contribution in [0.4, 0.5) is 0 Å². The molecule has 1 atom stereocenters. The van der Waals surface area contributed by atoms with E-state index in [4.69, 9.17) is 0 Å². The van der Waals surface area contributed by atoms with Crippen molar-refractivity contribution in [2.75, 3.05) is 0 Å². The van der Waals surface area contributed by atoms with Crippen LogP contribution in [0, 0.1) is 0 Å². The number of aliphatic hydroxyl groups is 1. The van der Waals surface area contributed by atoms with Crippen LogP contribution in [-0.4, -0.2) is 17.0 Å². The molecule has 0 radical (unpaired) electrons. The average molecular weight is 180 g/mol. The molecule has 0 saturated carbocycles. The number of rotatable bonds is 3. The van der Waals surface area contributed by atoms with Crippen LogP contribution in [0.25, 0.3) is 0 Å². The standard InChI is InChI=1S/C11H16O2/c1-3-4-9(12)7-10-8(2)5-6-11(10)13/h3-4,9,12H,5-7H2,1-2H3/b4-3+. The molecule has 1 N–H and O–H groups in total. The maximum absolute atomic E-state index is 11.3. The topological polar surface area (TPSA) is 37.3 Å². The SMILES string of the molecule is C/C=C/C(O)CC1=C(C)CCC1=O. The Bertz CT molecular complexity index is 261. The smallest absolute Gasteiger partial charge is 0.159 e. The van der Waals surface area contributed by atoms with Gasteiger partial charge in [0.05, 0.1) is 6.10 Å². The van der Waals surface area contributed by atoms with Gasteiger partial charge in [-0.25, -0.2) is 0 Å². The third-order valence-corrected chi connectivity index (χ3v) is 2.41. The van der Waals surface area contributed by atoms with Crippen LogP contribution in [0.2, 0.25) is 0 Å². The van der Waals surface area contributed by atoms with Crippen molar-refractivity contribution in [1.29, 1.82) is 0 Å². The predicted molar refractivity (Wildman–Crippen MR) is 52.4 cm³/mol. The van der Waals surface area contributed by atoms with Crippen LogP contribution in [0.15, 0.2) is 23.3 Å². The molecule has 0 heterocycles. The highest BCUT2D eigenvalue weighted by Gasteiger charge is 2.21. The van der Waals surface area contributed by atoms with E-state index in [0.717, 1.165) is 17.6 Å². The van der Waals surface area contributed by atoms with E-state index in [2.05, 4.69) is 0 Å². The third kappa shape index (κ3) is 2.52. The Labute approximate surface area is 79.0 Å². The zero-order chi connectivity index (χ0) is 9.84. The molecule has 1 aliphatic carbocycles. The summed E-state index contributed by atoms with van der Waals surface area (Å²) in [5.41, 5.74) is 1.99. The summed E-state index contributed by atoms with van der Waals surface area (Å²) in [6, 6.07) is 0. The Hall–Kier alpha value is -0.890. The van der Waals surface area contributed by atoms with Gasteiger partial charge in [-0.3, -0.25) is 4.79 Å². The molecule has 0 bridgehead atoms. The summed E-state index contributed by atoms with van der Waals surface area (Å²) in [5.74, 6) is 0.209. The van der Waals surface area contributed by atoms with Gasteiger partial charge in [0, 0.05) is 12.8 Å². The largest absolute Gasteiger partial charge is 0.389 e. The first-order valence-electron chi connectivity index (χ1n) is 4.68. The molecule has 0 aliphatic heterocycles. The lowest BCUT2D eigenvalue weighted by atomic mass is 10.0. The maximum atomic E-state index is 11.3. The predicted octanol–water partition coefficient (Wildman–Crippen LogP) is 1.99. The molecule has 0 aromatic carbocycles. The molecule has 0 saturated heterocycles. The number of hydrogen-bond donors (Lipinski definition) is 1. The Balaban J connectivity index is 2.62. The summed E-state index contributed by atoms with van der Waals surface area (Å²) in [5, 5.41) is 9.47. The van der Waals surface area contributed by atoms with Gasteiger partial charge >= 0.3 is 0 Å². The minimum absolute atomic E-state index is 0.209. The summed E-state index contributed by atoms with van der Waals surface area (Å²) in [6.45, 7) is 3.84. The zero-order valence-corrected chi connectivity index (χ0v) is 8.21. The summed E-state index contributed by atoms with van der Waals surface area (Å²) < 4.78 is 0. The Morgan fingerprint density at radius 3 is 2.69 bits per heavy atom.